The minimum absolute atomic E-state index is 0.0208. The quantitative estimate of drug-likeness (QED) is 0.567. The Balaban J connectivity index is 2.19. The number of fused-ring (bicyclic) bond motifs is 2. The topological polar surface area (TPSA) is 49.3 Å². The van der Waals surface area contributed by atoms with E-state index >= 15 is 0 Å². The van der Waals surface area contributed by atoms with Gasteiger partial charge >= 0.3 is 5.97 Å². The van der Waals surface area contributed by atoms with Crippen molar-refractivity contribution in [2.24, 2.45) is 11.8 Å². The van der Waals surface area contributed by atoms with Crippen molar-refractivity contribution in [1.82, 2.24) is 5.32 Å². The number of nitrogens with one attached hydrogen (secondary N) is 1. The van der Waals surface area contributed by atoms with Gasteiger partial charge < -0.3 is 10.4 Å². The predicted octanol–water partition coefficient (Wildman–Crippen LogP) is 0.0170. The summed E-state index contributed by atoms with van der Waals surface area (Å²) in [5.74, 6) is -1.32. The Bertz CT molecular complexity index is 197. The molecule has 2 fully saturated rings. The van der Waals surface area contributed by atoms with Crippen LogP contribution in [-0.2, 0) is 4.79 Å². The van der Waals surface area contributed by atoms with Gasteiger partial charge in [0.1, 0.15) is 6.17 Å². The predicted molar refractivity (Wildman–Crippen MR) is 35.9 cm³/mol. The maximum absolute atomic E-state index is 12.9. The molecule has 0 aromatic rings. The first-order chi connectivity index (χ1) is 5.20. The van der Waals surface area contributed by atoms with Crippen molar-refractivity contribution in [3.63, 3.8) is 0 Å². The van der Waals surface area contributed by atoms with Crippen LogP contribution < -0.4 is 5.32 Å². The van der Waals surface area contributed by atoms with E-state index in [0.717, 1.165) is 0 Å². The van der Waals surface area contributed by atoms with E-state index in [1.54, 1.807) is 0 Å². The number of carbonyl (C=O) groups is 1. The standard InChI is InChI=1S/C7H10FNO2/c8-4-1-3-2-9-6(4)5(3)7(10)11/h3-6,9H,1-2H2,(H,10,11)/t3-,4-,5-,6-/m1/s1. The van der Waals surface area contributed by atoms with E-state index in [0.29, 0.717) is 13.0 Å². The molecule has 1 aliphatic carbocycles. The highest BCUT2D eigenvalue weighted by atomic mass is 19.1. The summed E-state index contributed by atoms with van der Waals surface area (Å²) < 4.78 is 12.9. The summed E-state index contributed by atoms with van der Waals surface area (Å²) in [5, 5.41) is 11.6. The van der Waals surface area contributed by atoms with Crippen molar-refractivity contribution in [2.75, 3.05) is 6.54 Å². The largest absolute Gasteiger partial charge is 0.481 e. The first-order valence-corrected chi connectivity index (χ1v) is 3.80. The molecule has 1 saturated heterocycles. The maximum Gasteiger partial charge on any atom is 0.308 e. The van der Waals surface area contributed by atoms with Crippen LogP contribution in [0.4, 0.5) is 4.39 Å². The summed E-state index contributed by atoms with van der Waals surface area (Å²) in [5.41, 5.74) is 0. The molecule has 1 saturated carbocycles. The van der Waals surface area contributed by atoms with Crippen molar-refractivity contribution in [2.45, 2.75) is 18.6 Å². The van der Waals surface area contributed by atoms with Crippen molar-refractivity contribution >= 4 is 5.97 Å². The molecular weight excluding hydrogens is 149 g/mol. The zero-order valence-corrected chi connectivity index (χ0v) is 5.96. The summed E-state index contributed by atoms with van der Waals surface area (Å²) in [4.78, 5) is 10.6. The van der Waals surface area contributed by atoms with Crippen LogP contribution in [0.2, 0.25) is 0 Å². The second kappa shape index (κ2) is 2.17. The zero-order chi connectivity index (χ0) is 8.01. The van der Waals surface area contributed by atoms with Crippen LogP contribution in [0, 0.1) is 11.8 Å². The SMILES string of the molecule is O=C(O)[C@@H]1[C@H]2CN[C@@H]1[C@H](F)C2. The molecule has 4 heteroatoms. The number of piperidine rings is 1. The fourth-order valence-corrected chi connectivity index (χ4v) is 2.21. The number of rotatable bonds is 1. The lowest BCUT2D eigenvalue weighted by Crippen LogP contribution is -2.37. The van der Waals surface area contributed by atoms with Crippen LogP contribution in [0.5, 0.6) is 0 Å². The highest BCUT2D eigenvalue weighted by Crippen LogP contribution is 2.38. The summed E-state index contributed by atoms with van der Waals surface area (Å²) in [6.07, 6.45) is -0.524. The summed E-state index contributed by atoms with van der Waals surface area (Å²) >= 11 is 0. The summed E-state index contributed by atoms with van der Waals surface area (Å²) in [6, 6.07) is -0.419. The summed E-state index contributed by atoms with van der Waals surface area (Å²) in [7, 11) is 0. The second-order valence-corrected chi connectivity index (χ2v) is 3.31. The number of alkyl halides is 1. The molecule has 11 heavy (non-hydrogen) atoms. The number of carboxylic acids is 1. The van der Waals surface area contributed by atoms with Gasteiger partial charge in [-0.15, -0.1) is 0 Å². The highest BCUT2D eigenvalue weighted by molar-refractivity contribution is 5.72. The van der Waals surface area contributed by atoms with Gasteiger partial charge in [0, 0.05) is 0 Å². The molecule has 1 aliphatic heterocycles. The van der Waals surface area contributed by atoms with E-state index in [1.807, 2.05) is 0 Å². The van der Waals surface area contributed by atoms with Gasteiger partial charge in [-0.3, -0.25) is 4.79 Å². The third kappa shape index (κ3) is 0.854. The normalized spacial score (nSPS) is 48.1. The molecule has 0 spiro atoms. The fourth-order valence-electron chi connectivity index (χ4n) is 2.21. The average Bonchev–Trinajstić information content (AvgIpc) is 2.41. The summed E-state index contributed by atoms with van der Waals surface area (Å²) in [6.45, 7) is 0.669. The lowest BCUT2D eigenvalue weighted by Gasteiger charge is -2.14. The molecule has 62 valence electrons. The molecule has 4 atom stereocenters. The zero-order valence-electron chi connectivity index (χ0n) is 5.96. The number of hydrogen-bond acceptors (Lipinski definition) is 2. The van der Waals surface area contributed by atoms with Gasteiger partial charge in [-0.25, -0.2) is 4.39 Å². The minimum Gasteiger partial charge on any atom is -0.481 e. The third-order valence-corrected chi connectivity index (χ3v) is 2.71. The molecule has 0 aromatic carbocycles. The van der Waals surface area contributed by atoms with Gasteiger partial charge in [0.25, 0.3) is 0 Å². The van der Waals surface area contributed by atoms with Crippen molar-refractivity contribution in [1.29, 1.82) is 0 Å². The smallest absolute Gasteiger partial charge is 0.308 e. The Hall–Kier alpha value is -0.640. The minimum atomic E-state index is -0.949. The lowest BCUT2D eigenvalue weighted by molar-refractivity contribution is -0.142. The van der Waals surface area contributed by atoms with Gasteiger partial charge in [0.15, 0.2) is 0 Å². The van der Waals surface area contributed by atoms with E-state index in [2.05, 4.69) is 5.32 Å². The number of hydrogen-bond donors (Lipinski definition) is 2. The van der Waals surface area contributed by atoms with Gasteiger partial charge in [-0.2, -0.15) is 0 Å². The average molecular weight is 159 g/mol. The van der Waals surface area contributed by atoms with Crippen molar-refractivity contribution in [3.8, 4) is 0 Å². The molecule has 2 rings (SSSR count). The number of aliphatic carboxylic acids is 1. The van der Waals surface area contributed by atoms with Crippen LogP contribution in [0.3, 0.4) is 0 Å². The van der Waals surface area contributed by atoms with E-state index in [9.17, 15) is 9.18 Å². The number of halogens is 1. The monoisotopic (exact) mass is 159 g/mol. The first-order valence-electron chi connectivity index (χ1n) is 3.80. The van der Waals surface area contributed by atoms with Crippen molar-refractivity contribution in [3.05, 3.63) is 0 Å². The Morgan fingerprint density at radius 2 is 2.36 bits per heavy atom. The molecule has 2 N–H and O–H groups in total. The molecule has 0 aromatic heterocycles. The van der Waals surface area contributed by atoms with Crippen LogP contribution in [0.15, 0.2) is 0 Å². The van der Waals surface area contributed by atoms with Crippen LogP contribution in [-0.4, -0.2) is 29.8 Å². The number of carboxylic acid groups (broad SMARTS) is 1. The molecule has 2 bridgehead atoms. The molecular formula is C7H10FNO2. The van der Waals surface area contributed by atoms with Crippen LogP contribution in [0.1, 0.15) is 6.42 Å². The van der Waals surface area contributed by atoms with Gasteiger partial charge in [0.05, 0.1) is 12.0 Å². The van der Waals surface area contributed by atoms with Crippen LogP contribution >= 0.6 is 0 Å². The molecule has 1 heterocycles. The van der Waals surface area contributed by atoms with Gasteiger partial charge in [-0.1, -0.05) is 0 Å². The highest BCUT2D eigenvalue weighted by Gasteiger charge is 2.51. The maximum atomic E-state index is 12.9. The Kier molecular flexibility index (Phi) is 1.39. The van der Waals surface area contributed by atoms with E-state index in [-0.39, 0.29) is 5.92 Å². The second-order valence-electron chi connectivity index (χ2n) is 3.31. The molecule has 0 amide bonds. The van der Waals surface area contributed by atoms with E-state index in [1.165, 1.54) is 0 Å². The van der Waals surface area contributed by atoms with Gasteiger partial charge in [0.2, 0.25) is 0 Å². The van der Waals surface area contributed by atoms with Crippen LogP contribution in [0.25, 0.3) is 0 Å². The molecule has 3 nitrogen and oxygen atoms in total. The first kappa shape index (κ1) is 7.03. The Morgan fingerprint density at radius 3 is 2.64 bits per heavy atom. The van der Waals surface area contributed by atoms with Crippen molar-refractivity contribution < 1.29 is 14.3 Å². The van der Waals surface area contributed by atoms with Gasteiger partial charge in [-0.05, 0) is 18.9 Å². The molecule has 2 aliphatic rings. The third-order valence-electron chi connectivity index (χ3n) is 2.71. The Morgan fingerprint density at radius 1 is 1.64 bits per heavy atom. The lowest BCUT2D eigenvalue weighted by atomic mass is 9.99. The van der Waals surface area contributed by atoms with E-state index in [4.69, 9.17) is 5.11 Å². The fraction of sp³-hybridized carbons (Fsp3) is 0.857. The molecule has 0 unspecified atom stereocenters. The van der Waals surface area contributed by atoms with E-state index < -0.39 is 24.1 Å². The molecule has 0 radical (unpaired) electrons. The Labute approximate surface area is 63.6 Å².